The molecule has 134 valence electrons. The summed E-state index contributed by atoms with van der Waals surface area (Å²) >= 11 is 6.20. The highest BCUT2D eigenvalue weighted by atomic mass is 35.5. The van der Waals surface area contributed by atoms with Crippen molar-refractivity contribution in [3.05, 3.63) is 34.9 Å². The van der Waals surface area contributed by atoms with Crippen LogP contribution >= 0.6 is 11.6 Å². The molecule has 2 N–H and O–H groups in total. The molecular formula is C17H21ClN4O3. The minimum atomic E-state index is -0.505. The van der Waals surface area contributed by atoms with Gasteiger partial charge in [0.2, 0.25) is 5.91 Å². The predicted molar refractivity (Wildman–Crippen MR) is 93.0 cm³/mol. The molecule has 0 unspecified atom stereocenters. The van der Waals surface area contributed by atoms with Crippen LogP contribution in [-0.4, -0.2) is 59.9 Å². The fraction of sp³-hybridized carbons (Fsp3) is 0.471. The van der Waals surface area contributed by atoms with Crippen LogP contribution in [0, 0.1) is 0 Å². The molecule has 0 spiro atoms. The minimum absolute atomic E-state index is 0.0352. The van der Waals surface area contributed by atoms with E-state index in [1.165, 1.54) is 0 Å². The van der Waals surface area contributed by atoms with E-state index in [1.807, 2.05) is 24.3 Å². The molecule has 2 aliphatic rings. The first-order valence-corrected chi connectivity index (χ1v) is 8.74. The summed E-state index contributed by atoms with van der Waals surface area (Å²) in [6.07, 6.45) is 1.66. The van der Waals surface area contributed by atoms with Gasteiger partial charge in [-0.05, 0) is 24.5 Å². The van der Waals surface area contributed by atoms with Gasteiger partial charge in [0.15, 0.2) is 0 Å². The van der Waals surface area contributed by atoms with Crippen LogP contribution < -0.4 is 10.6 Å². The number of benzene rings is 1. The lowest BCUT2D eigenvalue weighted by atomic mass is 10.0. The number of carbonyl (C=O) groups is 3. The number of rotatable bonds is 5. The summed E-state index contributed by atoms with van der Waals surface area (Å²) in [7, 11) is 0. The molecule has 2 heterocycles. The number of urea groups is 1. The van der Waals surface area contributed by atoms with Crippen molar-refractivity contribution < 1.29 is 14.4 Å². The van der Waals surface area contributed by atoms with Gasteiger partial charge in [0.25, 0.3) is 5.91 Å². The fourth-order valence-corrected chi connectivity index (χ4v) is 3.33. The van der Waals surface area contributed by atoms with E-state index in [1.54, 1.807) is 0 Å². The lowest BCUT2D eigenvalue weighted by Crippen LogP contribution is -2.48. The van der Waals surface area contributed by atoms with Gasteiger partial charge in [-0.1, -0.05) is 29.8 Å². The zero-order chi connectivity index (χ0) is 17.8. The molecule has 0 radical (unpaired) electrons. The molecular weight excluding hydrogens is 344 g/mol. The Kier molecular flexibility index (Phi) is 5.55. The molecule has 0 aliphatic carbocycles. The molecule has 4 amide bonds. The van der Waals surface area contributed by atoms with E-state index in [2.05, 4.69) is 15.5 Å². The standard InChI is InChI=1S/C17H21ClN4O3/c18-14-4-2-1-3-12(14)10-21-7-5-13(6-8-21)20-15(23)11-22-16(24)9-19-17(22)25/h1-4,13H,5-11H2,(H,19,25)(H,20,23). The van der Waals surface area contributed by atoms with Crippen LogP contribution in [0.1, 0.15) is 18.4 Å². The Bertz CT molecular complexity index is 658. The van der Waals surface area contributed by atoms with Crippen LogP contribution in [0.15, 0.2) is 24.3 Å². The quantitative estimate of drug-likeness (QED) is 0.763. The van der Waals surface area contributed by atoms with Crippen LogP contribution in [0.4, 0.5) is 4.79 Å². The van der Waals surface area contributed by atoms with Gasteiger partial charge >= 0.3 is 6.03 Å². The molecule has 0 atom stereocenters. The average molecular weight is 365 g/mol. The van der Waals surface area contributed by atoms with Gasteiger partial charge in [-0.3, -0.25) is 19.4 Å². The Balaban J connectivity index is 1.43. The highest BCUT2D eigenvalue weighted by Crippen LogP contribution is 2.19. The van der Waals surface area contributed by atoms with E-state index in [0.717, 1.165) is 48.0 Å². The van der Waals surface area contributed by atoms with Crippen molar-refractivity contribution in [3.8, 4) is 0 Å². The van der Waals surface area contributed by atoms with E-state index in [9.17, 15) is 14.4 Å². The molecule has 0 bridgehead atoms. The van der Waals surface area contributed by atoms with Crippen LogP contribution in [-0.2, 0) is 16.1 Å². The summed E-state index contributed by atoms with van der Waals surface area (Å²) < 4.78 is 0. The van der Waals surface area contributed by atoms with Gasteiger partial charge < -0.3 is 10.6 Å². The lowest BCUT2D eigenvalue weighted by molar-refractivity contribution is -0.131. The summed E-state index contributed by atoms with van der Waals surface area (Å²) in [5.74, 6) is -0.662. The van der Waals surface area contributed by atoms with Gasteiger partial charge in [0.1, 0.15) is 6.54 Å². The number of hydrogen-bond donors (Lipinski definition) is 2. The zero-order valence-corrected chi connectivity index (χ0v) is 14.6. The number of likely N-dealkylation sites (tertiary alicyclic amines) is 1. The Hall–Kier alpha value is -2.12. The van der Waals surface area contributed by atoms with Crippen molar-refractivity contribution in [2.24, 2.45) is 0 Å². The Labute approximate surface area is 151 Å². The molecule has 1 aromatic rings. The summed E-state index contributed by atoms with van der Waals surface area (Å²) in [6.45, 7) is 2.26. The smallest absolute Gasteiger partial charge is 0.325 e. The number of piperidine rings is 1. The summed E-state index contributed by atoms with van der Waals surface area (Å²) in [6, 6.07) is 7.36. The Morgan fingerprint density at radius 2 is 1.96 bits per heavy atom. The Morgan fingerprint density at radius 3 is 2.60 bits per heavy atom. The van der Waals surface area contributed by atoms with Gasteiger partial charge in [0, 0.05) is 30.7 Å². The lowest BCUT2D eigenvalue weighted by Gasteiger charge is -2.32. The molecule has 2 fully saturated rings. The van der Waals surface area contributed by atoms with Crippen LogP contribution in [0.5, 0.6) is 0 Å². The number of amides is 4. The molecule has 2 aliphatic heterocycles. The summed E-state index contributed by atoms with van der Waals surface area (Å²) in [5, 5.41) is 6.09. The topological polar surface area (TPSA) is 81.8 Å². The Morgan fingerprint density at radius 1 is 1.24 bits per heavy atom. The molecule has 7 nitrogen and oxygen atoms in total. The molecule has 0 aromatic heterocycles. The maximum absolute atomic E-state index is 12.1. The second kappa shape index (κ2) is 7.84. The average Bonchev–Trinajstić information content (AvgIpc) is 2.90. The third-order valence-corrected chi connectivity index (χ3v) is 4.91. The van der Waals surface area contributed by atoms with Gasteiger partial charge in [-0.25, -0.2) is 4.79 Å². The third kappa shape index (κ3) is 4.49. The summed E-state index contributed by atoms with van der Waals surface area (Å²) in [4.78, 5) is 38.3. The van der Waals surface area contributed by atoms with Crippen LogP contribution in [0.2, 0.25) is 5.02 Å². The predicted octanol–water partition coefficient (Wildman–Crippen LogP) is 0.972. The van der Waals surface area contributed by atoms with Crippen molar-refractivity contribution in [1.29, 1.82) is 0 Å². The minimum Gasteiger partial charge on any atom is -0.352 e. The van der Waals surface area contributed by atoms with Crippen LogP contribution in [0.25, 0.3) is 0 Å². The van der Waals surface area contributed by atoms with E-state index in [-0.39, 0.29) is 30.9 Å². The molecule has 3 rings (SSSR count). The highest BCUT2D eigenvalue weighted by molar-refractivity contribution is 6.31. The normalized spacial score (nSPS) is 19.2. The highest BCUT2D eigenvalue weighted by Gasteiger charge is 2.31. The van der Waals surface area contributed by atoms with E-state index < -0.39 is 6.03 Å². The second-order valence-corrected chi connectivity index (χ2v) is 6.76. The maximum atomic E-state index is 12.1. The van der Waals surface area contributed by atoms with Crippen molar-refractivity contribution in [2.75, 3.05) is 26.2 Å². The first-order chi connectivity index (χ1) is 12.0. The van der Waals surface area contributed by atoms with E-state index >= 15 is 0 Å². The second-order valence-electron chi connectivity index (χ2n) is 6.35. The SMILES string of the molecule is O=C(CN1C(=O)CNC1=O)NC1CCN(Cc2ccccc2Cl)CC1. The van der Waals surface area contributed by atoms with E-state index in [0.29, 0.717) is 0 Å². The van der Waals surface area contributed by atoms with Crippen molar-refractivity contribution >= 4 is 29.4 Å². The molecule has 2 saturated heterocycles. The number of imide groups is 1. The van der Waals surface area contributed by atoms with E-state index in [4.69, 9.17) is 11.6 Å². The largest absolute Gasteiger partial charge is 0.352 e. The molecule has 0 saturated carbocycles. The zero-order valence-electron chi connectivity index (χ0n) is 13.8. The fourth-order valence-electron chi connectivity index (χ4n) is 3.14. The summed E-state index contributed by atoms with van der Waals surface area (Å²) in [5.41, 5.74) is 1.10. The maximum Gasteiger partial charge on any atom is 0.325 e. The third-order valence-electron chi connectivity index (χ3n) is 4.54. The van der Waals surface area contributed by atoms with Crippen molar-refractivity contribution in [3.63, 3.8) is 0 Å². The first kappa shape index (κ1) is 17.7. The number of halogens is 1. The number of nitrogens with one attached hydrogen (secondary N) is 2. The number of carbonyl (C=O) groups excluding carboxylic acids is 3. The van der Waals surface area contributed by atoms with Crippen molar-refractivity contribution in [1.82, 2.24) is 20.4 Å². The van der Waals surface area contributed by atoms with Gasteiger partial charge in [-0.15, -0.1) is 0 Å². The molecule has 25 heavy (non-hydrogen) atoms. The molecule has 8 heteroatoms. The van der Waals surface area contributed by atoms with Crippen molar-refractivity contribution in [2.45, 2.75) is 25.4 Å². The number of hydrogen-bond acceptors (Lipinski definition) is 4. The number of nitrogens with zero attached hydrogens (tertiary/aromatic N) is 2. The monoisotopic (exact) mass is 364 g/mol. The van der Waals surface area contributed by atoms with Gasteiger partial charge in [-0.2, -0.15) is 0 Å². The van der Waals surface area contributed by atoms with Gasteiger partial charge in [0.05, 0.1) is 6.54 Å². The molecule has 1 aromatic carbocycles. The first-order valence-electron chi connectivity index (χ1n) is 8.36. The van der Waals surface area contributed by atoms with Crippen LogP contribution in [0.3, 0.4) is 0 Å².